The van der Waals surface area contributed by atoms with Crippen molar-refractivity contribution in [3.8, 4) is 11.5 Å². The Kier molecular flexibility index (Phi) is 4.14. The third-order valence-corrected chi connectivity index (χ3v) is 3.52. The first-order valence-electron chi connectivity index (χ1n) is 7.18. The Morgan fingerprint density at radius 2 is 1.96 bits per heavy atom. The van der Waals surface area contributed by atoms with Crippen molar-refractivity contribution in [3.63, 3.8) is 0 Å². The van der Waals surface area contributed by atoms with E-state index >= 15 is 0 Å². The Hall–Kier alpha value is -3.02. The molecule has 0 atom stereocenters. The van der Waals surface area contributed by atoms with Crippen LogP contribution in [0.5, 0.6) is 11.5 Å². The van der Waals surface area contributed by atoms with Crippen molar-refractivity contribution in [1.82, 2.24) is 9.97 Å². The van der Waals surface area contributed by atoms with Crippen LogP contribution in [0.3, 0.4) is 0 Å². The summed E-state index contributed by atoms with van der Waals surface area (Å²) in [4.78, 5) is 7.59. The summed E-state index contributed by atoms with van der Waals surface area (Å²) in [6.07, 6.45) is 0. The number of nitrogens with zero attached hydrogens (tertiary/aromatic N) is 2. The number of H-pyrrole nitrogens is 1. The number of fused-ring (bicyclic) bond motifs is 1. The lowest BCUT2D eigenvalue weighted by molar-refractivity contribution is 0.402. The highest BCUT2D eigenvalue weighted by molar-refractivity contribution is 6.01. The van der Waals surface area contributed by atoms with Crippen LogP contribution in [0, 0.1) is 0 Å². The lowest BCUT2D eigenvalue weighted by Crippen LogP contribution is -2.03. The number of nitrogens with one attached hydrogen (secondary N) is 2. The zero-order valence-electron chi connectivity index (χ0n) is 13.3. The molecule has 2 aromatic carbocycles. The molecule has 0 bridgehead atoms. The van der Waals surface area contributed by atoms with Crippen molar-refractivity contribution in [2.75, 3.05) is 19.6 Å². The Bertz CT molecular complexity index is 822. The number of aromatic nitrogens is 2. The number of imidazole rings is 1. The van der Waals surface area contributed by atoms with Crippen LogP contribution in [0.1, 0.15) is 12.5 Å². The van der Waals surface area contributed by atoms with E-state index < -0.39 is 0 Å². The fraction of sp³-hybridized carbons (Fsp3) is 0.176. The second-order valence-electron chi connectivity index (χ2n) is 4.98. The lowest BCUT2D eigenvalue weighted by Gasteiger charge is -2.10. The number of rotatable bonds is 5. The first kappa shape index (κ1) is 14.9. The molecule has 0 amide bonds. The fourth-order valence-electron chi connectivity index (χ4n) is 2.30. The minimum absolute atomic E-state index is 0.590. The van der Waals surface area contributed by atoms with E-state index in [2.05, 4.69) is 20.5 Å². The molecule has 0 radical (unpaired) electrons. The van der Waals surface area contributed by atoms with E-state index in [0.717, 1.165) is 33.8 Å². The molecule has 0 aliphatic carbocycles. The summed E-state index contributed by atoms with van der Waals surface area (Å²) in [5.74, 6) is 2.07. The van der Waals surface area contributed by atoms with Gasteiger partial charge in [-0.1, -0.05) is 12.1 Å². The molecule has 118 valence electrons. The molecule has 23 heavy (non-hydrogen) atoms. The van der Waals surface area contributed by atoms with Gasteiger partial charge in [-0.3, -0.25) is 0 Å². The van der Waals surface area contributed by atoms with Gasteiger partial charge in [-0.2, -0.15) is 5.10 Å². The van der Waals surface area contributed by atoms with Gasteiger partial charge in [-0.15, -0.1) is 0 Å². The smallest absolute Gasteiger partial charge is 0.222 e. The summed E-state index contributed by atoms with van der Waals surface area (Å²) in [5.41, 5.74) is 6.42. The van der Waals surface area contributed by atoms with Gasteiger partial charge in [0.05, 0.1) is 31.0 Å². The highest BCUT2D eigenvalue weighted by Gasteiger charge is 2.09. The van der Waals surface area contributed by atoms with Gasteiger partial charge in [0, 0.05) is 5.56 Å². The monoisotopic (exact) mass is 310 g/mol. The highest BCUT2D eigenvalue weighted by Crippen LogP contribution is 2.24. The third kappa shape index (κ3) is 3.11. The molecule has 3 aromatic rings. The first-order chi connectivity index (χ1) is 11.2. The average Bonchev–Trinajstić information content (AvgIpc) is 3.02. The van der Waals surface area contributed by atoms with Crippen LogP contribution < -0.4 is 14.9 Å². The molecule has 0 aliphatic rings. The Labute approximate surface area is 134 Å². The van der Waals surface area contributed by atoms with Gasteiger partial charge >= 0.3 is 0 Å². The molecular formula is C17H18N4O2. The summed E-state index contributed by atoms with van der Waals surface area (Å²) < 4.78 is 10.6. The number of benzene rings is 2. The van der Waals surface area contributed by atoms with E-state index in [0.29, 0.717) is 5.95 Å². The van der Waals surface area contributed by atoms with Crippen molar-refractivity contribution in [3.05, 3.63) is 48.0 Å². The van der Waals surface area contributed by atoms with E-state index in [1.807, 2.05) is 49.4 Å². The number of ether oxygens (including phenoxy) is 2. The van der Waals surface area contributed by atoms with E-state index in [9.17, 15) is 0 Å². The van der Waals surface area contributed by atoms with Crippen LogP contribution in [0.4, 0.5) is 5.95 Å². The molecule has 1 heterocycles. The van der Waals surface area contributed by atoms with Crippen molar-refractivity contribution >= 4 is 22.7 Å². The van der Waals surface area contributed by atoms with E-state index in [-0.39, 0.29) is 0 Å². The lowest BCUT2D eigenvalue weighted by atomic mass is 10.1. The van der Waals surface area contributed by atoms with E-state index in [1.54, 1.807) is 14.2 Å². The third-order valence-electron chi connectivity index (χ3n) is 3.52. The first-order valence-corrected chi connectivity index (χ1v) is 7.18. The predicted octanol–water partition coefficient (Wildman–Crippen LogP) is 3.42. The van der Waals surface area contributed by atoms with Crippen LogP contribution in [0.2, 0.25) is 0 Å². The van der Waals surface area contributed by atoms with Gasteiger partial charge in [-0.25, -0.2) is 10.4 Å². The van der Waals surface area contributed by atoms with Gasteiger partial charge < -0.3 is 14.5 Å². The van der Waals surface area contributed by atoms with Crippen LogP contribution in [-0.2, 0) is 0 Å². The number of methoxy groups -OCH3 is 2. The highest BCUT2D eigenvalue weighted by atomic mass is 16.5. The van der Waals surface area contributed by atoms with E-state index in [4.69, 9.17) is 9.47 Å². The van der Waals surface area contributed by atoms with Gasteiger partial charge in [-0.05, 0) is 37.3 Å². The van der Waals surface area contributed by atoms with Crippen LogP contribution in [0.15, 0.2) is 47.6 Å². The molecule has 0 saturated carbocycles. The van der Waals surface area contributed by atoms with Crippen LogP contribution in [0.25, 0.3) is 11.0 Å². The second-order valence-corrected chi connectivity index (χ2v) is 4.98. The number of hydrazone groups is 1. The standard InChI is InChI=1S/C17H18N4O2/c1-11(13-10-12(22-2)8-9-16(13)23-3)20-21-17-18-14-6-4-5-7-15(14)19-17/h4-10H,1-3H3,(H2,18,19,21)/b20-11+. The zero-order chi connectivity index (χ0) is 16.2. The molecule has 1 aromatic heterocycles. The zero-order valence-corrected chi connectivity index (χ0v) is 13.3. The number of hydrogen-bond donors (Lipinski definition) is 2. The maximum atomic E-state index is 5.38. The van der Waals surface area contributed by atoms with Gasteiger partial charge in [0.25, 0.3) is 0 Å². The Balaban J connectivity index is 1.87. The Morgan fingerprint density at radius 3 is 2.70 bits per heavy atom. The normalized spacial score (nSPS) is 11.5. The largest absolute Gasteiger partial charge is 0.497 e. The number of para-hydroxylation sites is 2. The average molecular weight is 310 g/mol. The van der Waals surface area contributed by atoms with Crippen LogP contribution in [-0.4, -0.2) is 29.9 Å². The van der Waals surface area contributed by atoms with Gasteiger partial charge in [0.15, 0.2) is 0 Å². The quantitative estimate of drug-likeness (QED) is 0.559. The second kappa shape index (κ2) is 6.39. The minimum Gasteiger partial charge on any atom is -0.497 e. The van der Waals surface area contributed by atoms with Gasteiger partial charge in [0.1, 0.15) is 11.5 Å². The number of aromatic amines is 1. The maximum absolute atomic E-state index is 5.38. The maximum Gasteiger partial charge on any atom is 0.222 e. The molecule has 0 fully saturated rings. The van der Waals surface area contributed by atoms with Gasteiger partial charge in [0.2, 0.25) is 5.95 Å². The minimum atomic E-state index is 0.590. The molecule has 6 nitrogen and oxygen atoms in total. The molecule has 2 N–H and O–H groups in total. The summed E-state index contributed by atoms with van der Waals surface area (Å²) in [5, 5.41) is 4.38. The summed E-state index contributed by atoms with van der Waals surface area (Å²) in [6, 6.07) is 13.4. The molecule has 0 aliphatic heterocycles. The number of anilines is 1. The molecule has 6 heteroatoms. The molecule has 3 rings (SSSR count). The van der Waals surface area contributed by atoms with Crippen molar-refractivity contribution in [2.45, 2.75) is 6.92 Å². The molecule has 0 unspecified atom stereocenters. The van der Waals surface area contributed by atoms with Crippen molar-refractivity contribution in [1.29, 1.82) is 0 Å². The van der Waals surface area contributed by atoms with Crippen molar-refractivity contribution < 1.29 is 9.47 Å². The summed E-state index contributed by atoms with van der Waals surface area (Å²) >= 11 is 0. The summed E-state index contributed by atoms with van der Waals surface area (Å²) in [6.45, 7) is 1.90. The molecule has 0 spiro atoms. The Morgan fingerprint density at radius 1 is 1.13 bits per heavy atom. The topological polar surface area (TPSA) is 71.5 Å². The predicted molar refractivity (Wildman–Crippen MR) is 91.5 cm³/mol. The number of hydrogen-bond acceptors (Lipinski definition) is 5. The summed E-state index contributed by atoms with van der Waals surface area (Å²) in [7, 11) is 3.26. The fourth-order valence-corrected chi connectivity index (χ4v) is 2.30. The van der Waals surface area contributed by atoms with E-state index in [1.165, 1.54) is 0 Å². The van der Waals surface area contributed by atoms with Crippen molar-refractivity contribution in [2.24, 2.45) is 5.10 Å². The molecule has 0 saturated heterocycles. The molecular weight excluding hydrogens is 292 g/mol. The SMILES string of the molecule is COc1ccc(OC)c(/C(C)=N/Nc2nc3ccccc3[nH]2)c1. The van der Waals surface area contributed by atoms with Crippen LogP contribution >= 0.6 is 0 Å².